The van der Waals surface area contributed by atoms with E-state index in [4.69, 9.17) is 10.5 Å². The molecule has 0 radical (unpaired) electrons. The largest absolute Gasteiger partial charge is 0.379 e. The van der Waals surface area contributed by atoms with Gasteiger partial charge in [-0.25, -0.2) is 0 Å². The molecule has 0 aromatic rings. The molecule has 1 fully saturated rings. The molecule has 0 aromatic carbocycles. The molecule has 88 valence electrons. The van der Waals surface area contributed by atoms with E-state index in [2.05, 4.69) is 12.2 Å². The fourth-order valence-corrected chi connectivity index (χ4v) is 1.72. The van der Waals surface area contributed by atoms with E-state index in [0.717, 1.165) is 38.7 Å². The Morgan fingerprint density at radius 1 is 1.67 bits per heavy atom. The van der Waals surface area contributed by atoms with E-state index < -0.39 is 0 Å². The predicted octanol–water partition coefficient (Wildman–Crippen LogP) is 0.799. The Kier molecular flexibility index (Phi) is 5.65. The minimum Gasteiger partial charge on any atom is -0.379 e. The van der Waals surface area contributed by atoms with Gasteiger partial charge in [-0.05, 0) is 19.3 Å². The van der Waals surface area contributed by atoms with Crippen LogP contribution in [0.1, 0.15) is 39.0 Å². The lowest BCUT2D eigenvalue weighted by Crippen LogP contribution is -2.48. The van der Waals surface area contributed by atoms with Gasteiger partial charge in [0.05, 0.1) is 18.7 Å². The van der Waals surface area contributed by atoms with Crippen molar-refractivity contribution in [3.63, 3.8) is 0 Å². The van der Waals surface area contributed by atoms with Crippen molar-refractivity contribution >= 4 is 5.91 Å². The maximum Gasteiger partial charge on any atom is 0.237 e. The Balaban J connectivity index is 2.20. The monoisotopic (exact) mass is 214 g/mol. The fourth-order valence-electron chi connectivity index (χ4n) is 1.72. The number of hydrogen-bond donors (Lipinski definition) is 2. The summed E-state index contributed by atoms with van der Waals surface area (Å²) in [5.41, 5.74) is 5.77. The van der Waals surface area contributed by atoms with Gasteiger partial charge in [0.25, 0.3) is 0 Å². The van der Waals surface area contributed by atoms with Gasteiger partial charge >= 0.3 is 0 Å². The summed E-state index contributed by atoms with van der Waals surface area (Å²) in [7, 11) is 0. The molecule has 0 saturated carbocycles. The van der Waals surface area contributed by atoms with E-state index in [-0.39, 0.29) is 18.0 Å². The average molecular weight is 214 g/mol. The Morgan fingerprint density at radius 2 is 2.47 bits per heavy atom. The van der Waals surface area contributed by atoms with Crippen LogP contribution in [0.5, 0.6) is 0 Å². The smallest absolute Gasteiger partial charge is 0.237 e. The number of rotatable bonds is 5. The van der Waals surface area contributed by atoms with Crippen LogP contribution in [0, 0.1) is 0 Å². The summed E-state index contributed by atoms with van der Waals surface area (Å²) in [5, 5.41) is 2.94. The zero-order valence-electron chi connectivity index (χ0n) is 9.50. The van der Waals surface area contributed by atoms with Gasteiger partial charge in [0.1, 0.15) is 0 Å². The molecule has 0 aromatic heterocycles. The van der Waals surface area contributed by atoms with Crippen LogP contribution in [0.15, 0.2) is 0 Å². The molecule has 3 N–H and O–H groups in total. The topological polar surface area (TPSA) is 64.4 Å². The Morgan fingerprint density at radius 3 is 3.07 bits per heavy atom. The molecule has 0 aliphatic carbocycles. The lowest BCUT2D eigenvalue weighted by Gasteiger charge is -2.24. The van der Waals surface area contributed by atoms with Gasteiger partial charge in [-0.3, -0.25) is 4.79 Å². The number of hydrogen-bond acceptors (Lipinski definition) is 3. The fraction of sp³-hybridized carbons (Fsp3) is 0.909. The van der Waals surface area contributed by atoms with E-state index in [9.17, 15) is 4.79 Å². The summed E-state index contributed by atoms with van der Waals surface area (Å²) in [6, 6.07) is -0.189. The third kappa shape index (κ3) is 4.62. The highest BCUT2D eigenvalue weighted by atomic mass is 16.5. The van der Waals surface area contributed by atoms with Crippen molar-refractivity contribution in [2.75, 3.05) is 13.2 Å². The van der Waals surface area contributed by atoms with Gasteiger partial charge in [0.15, 0.2) is 0 Å². The van der Waals surface area contributed by atoms with Gasteiger partial charge in [-0.2, -0.15) is 0 Å². The van der Waals surface area contributed by atoms with Crippen molar-refractivity contribution in [2.24, 2.45) is 5.73 Å². The average Bonchev–Trinajstić information content (AvgIpc) is 2.27. The second kappa shape index (κ2) is 6.80. The lowest BCUT2D eigenvalue weighted by atomic mass is 10.1. The summed E-state index contributed by atoms with van der Waals surface area (Å²) in [5.74, 6) is -0.0287. The maximum absolute atomic E-state index is 11.6. The lowest BCUT2D eigenvalue weighted by molar-refractivity contribution is -0.124. The quantitative estimate of drug-likeness (QED) is 0.711. The van der Waals surface area contributed by atoms with Gasteiger partial charge < -0.3 is 15.8 Å². The molecule has 1 heterocycles. The molecule has 4 heteroatoms. The number of carbonyl (C=O) groups excluding carboxylic acids is 1. The van der Waals surface area contributed by atoms with Crippen molar-refractivity contribution in [1.29, 1.82) is 0 Å². The Hall–Kier alpha value is -0.610. The van der Waals surface area contributed by atoms with E-state index in [0.29, 0.717) is 6.61 Å². The van der Waals surface area contributed by atoms with Crippen molar-refractivity contribution in [3.8, 4) is 0 Å². The van der Waals surface area contributed by atoms with Crippen molar-refractivity contribution in [3.05, 3.63) is 0 Å². The summed E-state index contributed by atoms with van der Waals surface area (Å²) >= 11 is 0. The number of nitrogens with one attached hydrogen (secondary N) is 1. The highest BCUT2D eigenvalue weighted by molar-refractivity contribution is 5.81. The molecule has 0 spiro atoms. The van der Waals surface area contributed by atoms with Crippen molar-refractivity contribution in [1.82, 2.24) is 5.32 Å². The minimum absolute atomic E-state index is 0.0287. The number of unbranched alkanes of at least 4 members (excludes halogenated alkanes) is 1. The van der Waals surface area contributed by atoms with Crippen LogP contribution in [0.4, 0.5) is 0 Å². The number of ether oxygens (including phenoxy) is 1. The summed E-state index contributed by atoms with van der Waals surface area (Å²) < 4.78 is 5.29. The number of nitrogens with two attached hydrogens (primary N) is 1. The molecule has 2 atom stereocenters. The van der Waals surface area contributed by atoms with Crippen LogP contribution in [-0.2, 0) is 9.53 Å². The SMILES string of the molecule is CCCCC(N)C(=O)NC1CCCOC1. The van der Waals surface area contributed by atoms with Crippen LogP contribution in [-0.4, -0.2) is 31.2 Å². The van der Waals surface area contributed by atoms with Gasteiger partial charge in [0, 0.05) is 6.61 Å². The van der Waals surface area contributed by atoms with E-state index >= 15 is 0 Å². The first-order valence-corrected chi connectivity index (χ1v) is 5.87. The van der Waals surface area contributed by atoms with Crippen LogP contribution in [0.2, 0.25) is 0 Å². The summed E-state index contributed by atoms with van der Waals surface area (Å²) in [6.45, 7) is 3.54. The summed E-state index contributed by atoms with van der Waals surface area (Å²) in [4.78, 5) is 11.6. The van der Waals surface area contributed by atoms with Gasteiger partial charge in [-0.15, -0.1) is 0 Å². The zero-order valence-corrected chi connectivity index (χ0v) is 9.50. The minimum atomic E-state index is -0.355. The molecule has 2 unspecified atom stereocenters. The van der Waals surface area contributed by atoms with Gasteiger partial charge in [0.2, 0.25) is 5.91 Å². The standard InChI is InChI=1S/C11H22N2O2/c1-2-3-6-10(12)11(14)13-9-5-4-7-15-8-9/h9-10H,2-8,12H2,1H3,(H,13,14). The van der Waals surface area contributed by atoms with Crippen LogP contribution in [0.3, 0.4) is 0 Å². The van der Waals surface area contributed by atoms with Crippen LogP contribution >= 0.6 is 0 Å². The van der Waals surface area contributed by atoms with Crippen LogP contribution < -0.4 is 11.1 Å². The van der Waals surface area contributed by atoms with Crippen LogP contribution in [0.25, 0.3) is 0 Å². The highest BCUT2D eigenvalue weighted by Crippen LogP contribution is 2.06. The second-order valence-corrected chi connectivity index (χ2v) is 4.17. The molecule has 15 heavy (non-hydrogen) atoms. The number of amides is 1. The normalized spacial score (nSPS) is 23.5. The first kappa shape index (κ1) is 12.5. The second-order valence-electron chi connectivity index (χ2n) is 4.17. The van der Waals surface area contributed by atoms with Gasteiger partial charge in [-0.1, -0.05) is 19.8 Å². The first-order valence-electron chi connectivity index (χ1n) is 5.87. The molecular formula is C11H22N2O2. The number of carbonyl (C=O) groups is 1. The first-order chi connectivity index (χ1) is 7.24. The molecular weight excluding hydrogens is 192 g/mol. The van der Waals surface area contributed by atoms with E-state index in [1.54, 1.807) is 0 Å². The highest BCUT2D eigenvalue weighted by Gasteiger charge is 2.19. The molecule has 1 amide bonds. The maximum atomic E-state index is 11.6. The molecule has 1 aliphatic rings. The predicted molar refractivity (Wildman–Crippen MR) is 59.5 cm³/mol. The van der Waals surface area contributed by atoms with E-state index in [1.165, 1.54) is 0 Å². The molecule has 1 rings (SSSR count). The molecule has 1 aliphatic heterocycles. The summed E-state index contributed by atoms with van der Waals surface area (Å²) in [6.07, 6.45) is 4.89. The zero-order chi connectivity index (χ0) is 11.1. The molecule has 0 bridgehead atoms. The Labute approximate surface area is 91.5 Å². The molecule has 1 saturated heterocycles. The third-order valence-electron chi connectivity index (χ3n) is 2.71. The van der Waals surface area contributed by atoms with E-state index in [1.807, 2.05) is 0 Å². The van der Waals surface area contributed by atoms with Crippen molar-refractivity contribution in [2.45, 2.75) is 51.1 Å². The molecule has 4 nitrogen and oxygen atoms in total. The Bertz CT molecular complexity index is 191. The van der Waals surface area contributed by atoms with Crippen molar-refractivity contribution < 1.29 is 9.53 Å². The third-order valence-corrected chi connectivity index (χ3v) is 2.71.